The normalized spacial score (nSPS) is 17.2. The lowest BCUT2D eigenvalue weighted by atomic mass is 9.82. The Kier molecular flexibility index (Phi) is 8.33. The monoisotopic (exact) mass is 589 g/mol. The second-order valence-electron chi connectivity index (χ2n) is 9.90. The number of nitrogens with zero attached hydrogens (tertiary/aromatic N) is 1. The number of piperidine rings is 1. The van der Waals surface area contributed by atoms with Crippen LogP contribution in [0.3, 0.4) is 0 Å². The molecule has 3 aromatic carbocycles. The number of rotatable bonds is 7. The van der Waals surface area contributed by atoms with E-state index in [9.17, 15) is 14.0 Å². The maximum atomic E-state index is 14.1. The fourth-order valence-electron chi connectivity index (χ4n) is 5.28. The summed E-state index contributed by atoms with van der Waals surface area (Å²) < 4.78 is 19.8. The lowest BCUT2D eigenvalue weighted by Crippen LogP contribution is -2.48. The van der Waals surface area contributed by atoms with Crippen LogP contribution in [0.25, 0.3) is 0 Å². The average molecular weight is 591 g/mol. The second kappa shape index (κ2) is 11.7. The summed E-state index contributed by atoms with van der Waals surface area (Å²) in [6.07, 6.45) is 1.07. The Morgan fingerprint density at radius 1 is 1.03 bits per heavy atom. The highest BCUT2D eigenvalue weighted by Crippen LogP contribution is 2.44. The van der Waals surface area contributed by atoms with Gasteiger partial charge >= 0.3 is 6.09 Å². The number of ether oxygens (including phenoxy) is 1. The van der Waals surface area contributed by atoms with Gasteiger partial charge in [-0.25, -0.2) is 9.18 Å². The van der Waals surface area contributed by atoms with Crippen LogP contribution in [0.1, 0.15) is 41.9 Å². The largest absolute Gasteiger partial charge is 0.438 e. The van der Waals surface area contributed by atoms with Gasteiger partial charge in [0.25, 0.3) is 0 Å². The average Bonchev–Trinajstić information content (AvgIpc) is 2.92. The summed E-state index contributed by atoms with van der Waals surface area (Å²) in [5, 5.41) is 7.15. The number of hydrogen-bond acceptors (Lipinski definition) is 4. The summed E-state index contributed by atoms with van der Waals surface area (Å²) in [7, 11) is 0. The van der Waals surface area contributed by atoms with Gasteiger partial charge in [0.15, 0.2) is 0 Å². The molecule has 2 N–H and O–H groups in total. The molecule has 2 aliphatic rings. The van der Waals surface area contributed by atoms with Gasteiger partial charge in [-0.1, -0.05) is 53.0 Å². The molecule has 1 saturated heterocycles. The molecule has 2 amide bonds. The first-order chi connectivity index (χ1) is 18.7. The number of carbonyl (C=O) groups is 2. The molecular formula is C29H27Cl3FN3O3. The van der Waals surface area contributed by atoms with Crippen molar-refractivity contribution >= 4 is 52.5 Å². The molecule has 2 heterocycles. The van der Waals surface area contributed by atoms with Crippen LogP contribution in [-0.4, -0.2) is 36.5 Å². The van der Waals surface area contributed by atoms with Gasteiger partial charge in [-0.15, -0.1) is 0 Å². The Balaban J connectivity index is 1.26. The smallest absolute Gasteiger partial charge is 0.412 e. The molecule has 0 radical (unpaired) electrons. The molecule has 3 aromatic rings. The van der Waals surface area contributed by atoms with Gasteiger partial charge < -0.3 is 15.0 Å². The highest BCUT2D eigenvalue weighted by Gasteiger charge is 2.44. The van der Waals surface area contributed by atoms with Crippen molar-refractivity contribution in [3.05, 3.63) is 98.2 Å². The van der Waals surface area contributed by atoms with Crippen LogP contribution in [0.4, 0.5) is 14.9 Å². The molecule has 0 aromatic heterocycles. The lowest BCUT2D eigenvalue weighted by molar-refractivity contribution is -0.123. The van der Waals surface area contributed by atoms with Crippen LogP contribution in [-0.2, 0) is 21.7 Å². The van der Waals surface area contributed by atoms with E-state index < -0.39 is 17.6 Å². The van der Waals surface area contributed by atoms with Crippen molar-refractivity contribution in [1.29, 1.82) is 0 Å². The van der Waals surface area contributed by atoms with Gasteiger partial charge in [0.1, 0.15) is 11.4 Å². The first kappa shape index (κ1) is 27.7. The molecule has 204 valence electrons. The maximum absolute atomic E-state index is 14.1. The third-order valence-electron chi connectivity index (χ3n) is 7.44. The molecule has 1 unspecified atom stereocenters. The van der Waals surface area contributed by atoms with Gasteiger partial charge in [-0.2, -0.15) is 0 Å². The molecule has 0 saturated carbocycles. The van der Waals surface area contributed by atoms with Gasteiger partial charge in [-0.3, -0.25) is 10.1 Å². The summed E-state index contributed by atoms with van der Waals surface area (Å²) in [5.41, 5.74) is 2.10. The summed E-state index contributed by atoms with van der Waals surface area (Å²) in [6, 6.07) is 16.9. The summed E-state index contributed by atoms with van der Waals surface area (Å²) in [4.78, 5) is 27.8. The van der Waals surface area contributed by atoms with Crippen molar-refractivity contribution in [1.82, 2.24) is 10.2 Å². The Labute approximate surface area is 241 Å². The molecule has 6 nitrogen and oxygen atoms in total. The minimum atomic E-state index is -0.866. The number of halogens is 4. The van der Waals surface area contributed by atoms with Gasteiger partial charge in [-0.05, 0) is 66.6 Å². The number of hydrogen-bond donors (Lipinski definition) is 2. The number of benzene rings is 3. The summed E-state index contributed by atoms with van der Waals surface area (Å²) in [6.45, 7) is 2.26. The minimum Gasteiger partial charge on any atom is -0.438 e. The first-order valence-electron chi connectivity index (χ1n) is 12.7. The van der Waals surface area contributed by atoms with Crippen LogP contribution in [0.5, 0.6) is 0 Å². The molecule has 39 heavy (non-hydrogen) atoms. The van der Waals surface area contributed by atoms with Gasteiger partial charge in [0.05, 0.1) is 21.7 Å². The van der Waals surface area contributed by atoms with E-state index in [0.29, 0.717) is 71.8 Å². The van der Waals surface area contributed by atoms with Crippen LogP contribution < -0.4 is 10.6 Å². The maximum Gasteiger partial charge on any atom is 0.412 e. The van der Waals surface area contributed by atoms with Crippen LogP contribution in [0.15, 0.2) is 60.7 Å². The lowest BCUT2D eigenvalue weighted by Gasteiger charge is -2.44. The first-order valence-corrected chi connectivity index (χ1v) is 13.9. The molecule has 1 spiro atoms. The van der Waals surface area contributed by atoms with Crippen molar-refractivity contribution in [3.63, 3.8) is 0 Å². The molecule has 1 atom stereocenters. The number of nitrogens with one attached hydrogen (secondary N) is 2. The van der Waals surface area contributed by atoms with Crippen molar-refractivity contribution in [2.45, 2.75) is 37.3 Å². The van der Waals surface area contributed by atoms with E-state index in [0.717, 1.165) is 11.1 Å². The third kappa shape index (κ3) is 6.33. The molecule has 0 aliphatic carbocycles. The zero-order valence-corrected chi connectivity index (χ0v) is 23.3. The second-order valence-corrected chi connectivity index (χ2v) is 11.2. The van der Waals surface area contributed by atoms with Crippen LogP contribution in [0.2, 0.25) is 15.1 Å². The Hall–Kier alpha value is -2.84. The molecular weight excluding hydrogens is 564 g/mol. The topological polar surface area (TPSA) is 70.7 Å². The number of fused-ring (bicyclic) bond motifs is 2. The van der Waals surface area contributed by atoms with E-state index in [-0.39, 0.29) is 11.7 Å². The van der Waals surface area contributed by atoms with Crippen molar-refractivity contribution in [2.24, 2.45) is 0 Å². The minimum absolute atomic E-state index is 0.117. The quantitative estimate of drug-likeness (QED) is 0.307. The van der Waals surface area contributed by atoms with Crippen LogP contribution in [0, 0.1) is 5.82 Å². The fourth-order valence-corrected chi connectivity index (χ4v) is 5.72. The van der Waals surface area contributed by atoms with Gasteiger partial charge in [0, 0.05) is 43.1 Å². The highest BCUT2D eigenvalue weighted by atomic mass is 35.5. The molecule has 0 bridgehead atoms. The summed E-state index contributed by atoms with van der Waals surface area (Å²) >= 11 is 18.4. The predicted octanol–water partition coefficient (Wildman–Crippen LogP) is 7.13. The van der Waals surface area contributed by atoms with Crippen molar-refractivity contribution in [3.8, 4) is 0 Å². The van der Waals surface area contributed by atoms with E-state index in [1.807, 2.05) is 18.2 Å². The van der Waals surface area contributed by atoms with E-state index in [1.54, 1.807) is 30.3 Å². The van der Waals surface area contributed by atoms with E-state index in [2.05, 4.69) is 15.5 Å². The predicted molar refractivity (Wildman–Crippen MR) is 151 cm³/mol. The zero-order valence-electron chi connectivity index (χ0n) is 21.0. The molecule has 5 rings (SSSR count). The number of anilines is 1. The fraction of sp³-hybridized carbons (Fsp3) is 0.310. The Morgan fingerprint density at radius 2 is 1.77 bits per heavy atom. The van der Waals surface area contributed by atoms with Crippen LogP contribution >= 0.6 is 34.8 Å². The van der Waals surface area contributed by atoms with Crippen molar-refractivity contribution < 1.29 is 18.7 Å². The zero-order chi connectivity index (χ0) is 27.6. The van der Waals surface area contributed by atoms with Gasteiger partial charge in [0.2, 0.25) is 5.91 Å². The number of likely N-dealkylation sites (tertiary alicyclic amines) is 1. The standard InChI is InChI=1S/C29H27Cl3FN3O3/c30-20-4-1-18(2-5-20)17-34-27(37)22(19-3-7-24(31)25(32)15-19)9-12-36-13-10-29(11-14-36)23-16-21(33)6-8-26(23)35-28(38)39-29/h1-8,15-16,22H,9-14,17H2,(H,34,37)(H,35,38). The molecule has 1 fully saturated rings. The highest BCUT2D eigenvalue weighted by molar-refractivity contribution is 6.42. The van der Waals surface area contributed by atoms with Crippen molar-refractivity contribution in [2.75, 3.05) is 25.0 Å². The van der Waals surface area contributed by atoms with E-state index in [4.69, 9.17) is 39.5 Å². The third-order valence-corrected chi connectivity index (χ3v) is 8.43. The Bertz CT molecular complexity index is 1380. The number of carbonyl (C=O) groups excluding carboxylic acids is 2. The van der Waals surface area contributed by atoms with E-state index >= 15 is 0 Å². The molecule has 10 heteroatoms. The van der Waals surface area contributed by atoms with E-state index in [1.165, 1.54) is 12.1 Å². The summed E-state index contributed by atoms with van der Waals surface area (Å²) in [5.74, 6) is -0.938. The SMILES string of the molecule is O=C1Nc2ccc(F)cc2C2(CCN(CCC(C(=O)NCc3ccc(Cl)cc3)c3ccc(Cl)c(Cl)c3)CC2)O1. The Morgan fingerprint density at radius 3 is 2.49 bits per heavy atom. The number of amides is 2. The molecule has 2 aliphatic heterocycles.